The second-order valence-electron chi connectivity index (χ2n) is 11.1. The molecule has 0 atom stereocenters. The fourth-order valence-electron chi connectivity index (χ4n) is 4.51. The van der Waals surface area contributed by atoms with Crippen LogP contribution in [0.1, 0.15) is 195 Å². The van der Waals surface area contributed by atoms with Gasteiger partial charge in [0.05, 0.1) is 0 Å². The number of carboxylic acid groups (broad SMARTS) is 1. The van der Waals surface area contributed by atoms with Gasteiger partial charge in [0.2, 0.25) is 0 Å². The summed E-state index contributed by atoms with van der Waals surface area (Å²) >= 11 is 0. The van der Waals surface area contributed by atoms with Crippen molar-refractivity contribution in [1.29, 1.82) is 0 Å². The summed E-state index contributed by atoms with van der Waals surface area (Å²) < 4.78 is 0. The molecule has 0 aliphatic heterocycles. The van der Waals surface area contributed by atoms with E-state index >= 15 is 0 Å². The first-order valence-corrected chi connectivity index (χ1v) is 15.8. The lowest BCUT2D eigenvalue weighted by atomic mass is 10.0. The van der Waals surface area contributed by atoms with Gasteiger partial charge in [0.15, 0.2) is 0 Å². The Morgan fingerprint density at radius 1 is 0.471 bits per heavy atom. The largest absolute Gasteiger partial charge is 0.481 e. The summed E-state index contributed by atoms with van der Waals surface area (Å²) in [6, 6.07) is 0. The maximum absolute atomic E-state index is 10.3. The zero-order valence-corrected chi connectivity index (χ0v) is 24.3. The summed E-state index contributed by atoms with van der Waals surface area (Å²) in [5, 5.41) is 8.49. The molecule has 1 N–H and O–H groups in total. The first kappa shape index (κ1) is 35.6. The SMILES string of the molecule is CCCCCCCCCCCCCC(C)C.CCCCCCCCCCCCCCCC(=O)O. The van der Waals surface area contributed by atoms with Gasteiger partial charge in [-0.3, -0.25) is 4.79 Å². The van der Waals surface area contributed by atoms with E-state index in [2.05, 4.69) is 27.7 Å². The number of carbonyl (C=O) groups is 1. The van der Waals surface area contributed by atoms with Crippen LogP contribution in [-0.4, -0.2) is 11.1 Å². The topological polar surface area (TPSA) is 37.3 Å². The molecule has 0 radical (unpaired) electrons. The van der Waals surface area contributed by atoms with Gasteiger partial charge in [-0.25, -0.2) is 0 Å². The van der Waals surface area contributed by atoms with Crippen molar-refractivity contribution in [2.45, 2.75) is 195 Å². The molecule has 0 heterocycles. The van der Waals surface area contributed by atoms with Crippen LogP contribution in [0.25, 0.3) is 0 Å². The van der Waals surface area contributed by atoms with Crippen LogP contribution in [0, 0.1) is 5.92 Å². The van der Waals surface area contributed by atoms with Gasteiger partial charge in [-0.2, -0.15) is 0 Å². The molecule has 0 aromatic heterocycles. The second kappa shape index (κ2) is 32.5. The van der Waals surface area contributed by atoms with E-state index in [1.165, 1.54) is 148 Å². The minimum atomic E-state index is -0.655. The van der Waals surface area contributed by atoms with E-state index in [1.807, 2.05) is 0 Å². The molecule has 0 rings (SSSR count). The third-order valence-electron chi connectivity index (χ3n) is 6.88. The standard InChI is InChI=1S/C16H32O2.C16H34/c1-2-3-4-5-6-7-8-9-10-11-12-13-14-15-16(17)18;1-4-5-6-7-8-9-10-11-12-13-14-15-16(2)3/h2-15H2,1H3,(H,17,18);16H,4-15H2,1-3H3. The minimum absolute atomic E-state index is 0.345. The van der Waals surface area contributed by atoms with Crippen molar-refractivity contribution < 1.29 is 9.90 Å². The molecule has 0 aliphatic carbocycles. The molecule has 0 saturated heterocycles. The van der Waals surface area contributed by atoms with Crippen LogP contribution in [0.4, 0.5) is 0 Å². The highest BCUT2D eigenvalue weighted by atomic mass is 16.4. The number of hydrogen-bond donors (Lipinski definition) is 1. The Labute approximate surface area is 216 Å². The van der Waals surface area contributed by atoms with Crippen molar-refractivity contribution in [3.8, 4) is 0 Å². The number of carboxylic acids is 1. The molecule has 34 heavy (non-hydrogen) atoms. The number of hydrogen-bond acceptors (Lipinski definition) is 1. The Morgan fingerprint density at radius 3 is 1.00 bits per heavy atom. The molecule has 2 heteroatoms. The predicted octanol–water partition coefficient (Wildman–Crippen LogP) is 11.9. The van der Waals surface area contributed by atoms with Gasteiger partial charge in [-0.15, -0.1) is 0 Å². The third kappa shape index (κ3) is 38.7. The summed E-state index contributed by atoms with van der Waals surface area (Å²) in [5.74, 6) is 0.247. The molecule has 0 aromatic rings. The Bertz CT molecular complexity index is 364. The maximum Gasteiger partial charge on any atom is 0.303 e. The van der Waals surface area contributed by atoms with Gasteiger partial charge in [-0.05, 0) is 12.3 Å². The smallest absolute Gasteiger partial charge is 0.303 e. The summed E-state index contributed by atoms with van der Waals surface area (Å²) in [6.07, 6.45) is 34.8. The van der Waals surface area contributed by atoms with E-state index in [4.69, 9.17) is 5.11 Å². The van der Waals surface area contributed by atoms with E-state index in [0.29, 0.717) is 6.42 Å². The van der Waals surface area contributed by atoms with Crippen molar-refractivity contribution in [2.24, 2.45) is 5.92 Å². The molecule has 2 nitrogen and oxygen atoms in total. The average molecular weight is 483 g/mol. The van der Waals surface area contributed by atoms with Crippen LogP contribution >= 0.6 is 0 Å². The van der Waals surface area contributed by atoms with Crippen LogP contribution in [-0.2, 0) is 4.79 Å². The molecule has 0 spiro atoms. The van der Waals surface area contributed by atoms with Gasteiger partial charge in [-0.1, -0.05) is 182 Å². The molecule has 0 aliphatic rings. The number of unbranched alkanes of at least 4 members (excludes halogenated alkanes) is 22. The van der Waals surface area contributed by atoms with Gasteiger partial charge < -0.3 is 5.11 Å². The monoisotopic (exact) mass is 483 g/mol. The van der Waals surface area contributed by atoms with E-state index in [-0.39, 0.29) is 0 Å². The quantitative estimate of drug-likeness (QED) is 0.124. The van der Waals surface area contributed by atoms with Gasteiger partial charge in [0.25, 0.3) is 0 Å². The molecule has 0 amide bonds. The van der Waals surface area contributed by atoms with Crippen LogP contribution in [0.15, 0.2) is 0 Å². The molecule has 0 unspecified atom stereocenters. The first-order valence-electron chi connectivity index (χ1n) is 15.8. The number of aliphatic carboxylic acids is 1. The Hall–Kier alpha value is -0.530. The minimum Gasteiger partial charge on any atom is -0.481 e. The van der Waals surface area contributed by atoms with Crippen LogP contribution < -0.4 is 0 Å². The van der Waals surface area contributed by atoms with Crippen LogP contribution in [0.3, 0.4) is 0 Å². The van der Waals surface area contributed by atoms with Gasteiger partial charge >= 0.3 is 5.97 Å². The van der Waals surface area contributed by atoms with E-state index in [1.54, 1.807) is 0 Å². The van der Waals surface area contributed by atoms with Crippen molar-refractivity contribution in [1.82, 2.24) is 0 Å². The molecule has 0 bridgehead atoms. The Kier molecular flexibility index (Phi) is 34.0. The predicted molar refractivity (Wildman–Crippen MR) is 154 cm³/mol. The van der Waals surface area contributed by atoms with E-state index in [0.717, 1.165) is 18.8 Å². The highest BCUT2D eigenvalue weighted by molar-refractivity contribution is 5.66. The fraction of sp³-hybridized carbons (Fsp3) is 0.969. The lowest BCUT2D eigenvalue weighted by Gasteiger charge is -2.04. The maximum atomic E-state index is 10.3. The second-order valence-corrected chi connectivity index (χ2v) is 11.1. The highest BCUT2D eigenvalue weighted by Gasteiger charge is 1.97. The molecule has 0 fully saturated rings. The Balaban J connectivity index is 0. The molecule has 0 saturated carbocycles. The summed E-state index contributed by atoms with van der Waals surface area (Å²) in [7, 11) is 0. The zero-order valence-electron chi connectivity index (χ0n) is 24.3. The van der Waals surface area contributed by atoms with Gasteiger partial charge in [0.1, 0.15) is 0 Å². The Morgan fingerprint density at radius 2 is 0.735 bits per heavy atom. The van der Waals surface area contributed by atoms with Gasteiger partial charge in [0, 0.05) is 6.42 Å². The molecule has 206 valence electrons. The van der Waals surface area contributed by atoms with Crippen molar-refractivity contribution >= 4 is 5.97 Å². The van der Waals surface area contributed by atoms with Crippen molar-refractivity contribution in [3.63, 3.8) is 0 Å². The summed E-state index contributed by atoms with van der Waals surface area (Å²) in [6.45, 7) is 9.21. The van der Waals surface area contributed by atoms with Crippen molar-refractivity contribution in [2.75, 3.05) is 0 Å². The van der Waals surface area contributed by atoms with Crippen molar-refractivity contribution in [3.05, 3.63) is 0 Å². The fourth-order valence-corrected chi connectivity index (χ4v) is 4.51. The average Bonchev–Trinajstić information content (AvgIpc) is 2.80. The van der Waals surface area contributed by atoms with E-state index in [9.17, 15) is 4.79 Å². The normalized spacial score (nSPS) is 11.0. The lowest BCUT2D eigenvalue weighted by Crippen LogP contribution is -1.93. The lowest BCUT2D eigenvalue weighted by molar-refractivity contribution is -0.137. The molecule has 0 aromatic carbocycles. The third-order valence-corrected chi connectivity index (χ3v) is 6.88. The number of rotatable bonds is 26. The molecular weight excluding hydrogens is 416 g/mol. The summed E-state index contributed by atoms with van der Waals surface area (Å²) in [4.78, 5) is 10.3. The summed E-state index contributed by atoms with van der Waals surface area (Å²) in [5.41, 5.74) is 0. The molecular formula is C32H66O2. The highest BCUT2D eigenvalue weighted by Crippen LogP contribution is 2.14. The van der Waals surface area contributed by atoms with Crippen LogP contribution in [0.2, 0.25) is 0 Å². The first-order chi connectivity index (χ1) is 16.5. The van der Waals surface area contributed by atoms with Crippen LogP contribution in [0.5, 0.6) is 0 Å². The van der Waals surface area contributed by atoms with E-state index < -0.39 is 5.97 Å². The zero-order chi connectivity index (χ0) is 25.5.